The molecule has 0 spiro atoms. The lowest BCUT2D eigenvalue weighted by Crippen LogP contribution is -2.00. The van der Waals surface area contributed by atoms with E-state index < -0.39 is 9.84 Å². The molecule has 0 aliphatic carbocycles. The molecule has 0 saturated carbocycles. The van der Waals surface area contributed by atoms with Crippen LogP contribution in [0.1, 0.15) is 0 Å². The Kier molecular flexibility index (Phi) is 5.24. The molecule has 1 N–H and O–H groups in total. The number of anilines is 1. The Balaban J connectivity index is 1.80. The number of hydrogen-bond donors (Lipinski definition) is 1. The highest BCUT2D eigenvalue weighted by Crippen LogP contribution is 2.28. The average molecular weight is 417 g/mol. The first-order valence-corrected chi connectivity index (χ1v) is 11.1. The first-order chi connectivity index (χ1) is 14.4. The van der Waals surface area contributed by atoms with Gasteiger partial charge in [-0.15, -0.1) is 0 Å². The van der Waals surface area contributed by atoms with Gasteiger partial charge in [0.15, 0.2) is 15.7 Å². The molecule has 4 rings (SSSR count). The molecule has 4 aromatic rings. The van der Waals surface area contributed by atoms with Gasteiger partial charge < -0.3 is 5.32 Å². The average Bonchev–Trinajstić information content (AvgIpc) is 2.79. The molecule has 7 nitrogen and oxygen atoms in total. The molecule has 8 heteroatoms. The maximum Gasteiger partial charge on any atom is 0.180 e. The van der Waals surface area contributed by atoms with Crippen molar-refractivity contribution in [2.45, 2.75) is 4.90 Å². The number of rotatable bonds is 5. The Bertz CT molecular complexity index is 1310. The second kappa shape index (κ2) is 8.00. The summed E-state index contributed by atoms with van der Waals surface area (Å²) in [5, 5.41) is 3.05. The maximum absolute atomic E-state index is 11.9. The van der Waals surface area contributed by atoms with Gasteiger partial charge in [-0.25, -0.2) is 18.4 Å². The van der Waals surface area contributed by atoms with E-state index >= 15 is 0 Å². The van der Waals surface area contributed by atoms with Crippen molar-refractivity contribution in [3.8, 4) is 33.9 Å². The zero-order valence-electron chi connectivity index (χ0n) is 16.4. The van der Waals surface area contributed by atoms with E-state index in [0.717, 1.165) is 16.7 Å². The fraction of sp³-hybridized carbons (Fsp3) is 0.0909. The van der Waals surface area contributed by atoms with Crippen LogP contribution < -0.4 is 5.32 Å². The van der Waals surface area contributed by atoms with Crippen LogP contribution in [-0.2, 0) is 9.84 Å². The van der Waals surface area contributed by atoms with E-state index in [4.69, 9.17) is 0 Å². The molecule has 0 unspecified atom stereocenters. The van der Waals surface area contributed by atoms with E-state index in [0.29, 0.717) is 23.0 Å². The first kappa shape index (κ1) is 19.7. The molecule has 0 atom stereocenters. The second-order valence-electron chi connectivity index (χ2n) is 6.69. The van der Waals surface area contributed by atoms with Gasteiger partial charge in [0.1, 0.15) is 11.5 Å². The van der Waals surface area contributed by atoms with Gasteiger partial charge in [-0.05, 0) is 35.9 Å². The van der Waals surface area contributed by atoms with Crippen molar-refractivity contribution >= 4 is 15.7 Å². The smallest absolute Gasteiger partial charge is 0.180 e. The molecule has 0 radical (unpaired) electrons. The molecule has 0 saturated heterocycles. The van der Waals surface area contributed by atoms with E-state index in [1.807, 2.05) is 36.4 Å². The van der Waals surface area contributed by atoms with Gasteiger partial charge >= 0.3 is 0 Å². The monoisotopic (exact) mass is 417 g/mol. The molecule has 3 heterocycles. The Morgan fingerprint density at radius 2 is 1.67 bits per heavy atom. The number of nitrogens with zero attached hydrogens (tertiary/aromatic N) is 4. The zero-order chi connectivity index (χ0) is 21.1. The van der Waals surface area contributed by atoms with Gasteiger partial charge in [-0.1, -0.05) is 18.2 Å². The highest BCUT2D eigenvalue weighted by Gasteiger charge is 2.12. The Morgan fingerprint density at radius 1 is 0.833 bits per heavy atom. The standard InChI is InChI=1S/C22H19N5O2S/c1-23-21-12-20(26-22(27-21)19-8-3-4-9-25-19)17-10-16(13-24-14-17)15-6-5-7-18(11-15)30(2,28)29/h3-14H,1-2H3,(H,23,26,27). The maximum atomic E-state index is 11.9. The summed E-state index contributed by atoms with van der Waals surface area (Å²) in [6, 6.07) is 16.1. The molecule has 0 aliphatic rings. The van der Waals surface area contributed by atoms with Gasteiger partial charge in [0.05, 0.1) is 10.6 Å². The number of nitrogens with one attached hydrogen (secondary N) is 1. The van der Waals surface area contributed by atoms with E-state index in [1.165, 1.54) is 6.26 Å². The van der Waals surface area contributed by atoms with Crippen LogP contribution in [0.25, 0.3) is 33.9 Å². The second-order valence-corrected chi connectivity index (χ2v) is 8.71. The third-order valence-electron chi connectivity index (χ3n) is 4.51. The molecule has 0 bridgehead atoms. The van der Waals surface area contributed by atoms with Gasteiger partial charge in [0.2, 0.25) is 0 Å². The topological polar surface area (TPSA) is 97.7 Å². The number of pyridine rings is 2. The molecule has 150 valence electrons. The van der Waals surface area contributed by atoms with Crippen molar-refractivity contribution in [1.82, 2.24) is 19.9 Å². The molecule has 0 aliphatic heterocycles. The third kappa shape index (κ3) is 4.18. The van der Waals surface area contributed by atoms with E-state index in [1.54, 1.807) is 43.8 Å². The lowest BCUT2D eigenvalue weighted by Gasteiger charge is -2.09. The van der Waals surface area contributed by atoms with Crippen LogP contribution in [0.5, 0.6) is 0 Å². The SMILES string of the molecule is CNc1cc(-c2cncc(-c3cccc(S(C)(=O)=O)c3)c2)nc(-c2ccccn2)n1. The number of benzene rings is 1. The van der Waals surface area contributed by atoms with E-state index in [2.05, 4.69) is 25.3 Å². The normalized spacial score (nSPS) is 11.3. The van der Waals surface area contributed by atoms with Crippen molar-refractivity contribution in [2.24, 2.45) is 0 Å². The van der Waals surface area contributed by atoms with Gasteiger partial charge in [0, 0.05) is 49.1 Å². The summed E-state index contributed by atoms with van der Waals surface area (Å²) in [5.74, 6) is 1.16. The predicted molar refractivity (Wildman–Crippen MR) is 117 cm³/mol. The molecule has 1 aromatic carbocycles. The van der Waals surface area contributed by atoms with Crippen LogP contribution in [-0.4, -0.2) is 41.7 Å². The molecular weight excluding hydrogens is 398 g/mol. The predicted octanol–water partition coefficient (Wildman–Crippen LogP) is 3.71. The van der Waals surface area contributed by atoms with Gasteiger partial charge in [-0.3, -0.25) is 9.97 Å². The molecule has 0 fully saturated rings. The minimum atomic E-state index is -3.30. The summed E-state index contributed by atoms with van der Waals surface area (Å²) in [6.45, 7) is 0. The lowest BCUT2D eigenvalue weighted by molar-refractivity contribution is 0.602. The summed E-state index contributed by atoms with van der Waals surface area (Å²) < 4.78 is 23.8. The zero-order valence-corrected chi connectivity index (χ0v) is 17.3. The van der Waals surface area contributed by atoms with Gasteiger partial charge in [0.25, 0.3) is 0 Å². The summed E-state index contributed by atoms with van der Waals surface area (Å²) in [5.41, 5.74) is 3.69. The van der Waals surface area contributed by atoms with Gasteiger partial charge in [-0.2, -0.15) is 0 Å². The van der Waals surface area contributed by atoms with Crippen LogP contribution in [0.3, 0.4) is 0 Å². The van der Waals surface area contributed by atoms with E-state index in [9.17, 15) is 8.42 Å². The van der Waals surface area contributed by atoms with E-state index in [-0.39, 0.29) is 4.90 Å². The van der Waals surface area contributed by atoms with Crippen LogP contribution in [0.4, 0.5) is 5.82 Å². The highest BCUT2D eigenvalue weighted by molar-refractivity contribution is 7.90. The highest BCUT2D eigenvalue weighted by atomic mass is 32.2. The van der Waals surface area contributed by atoms with Crippen LogP contribution in [0.2, 0.25) is 0 Å². The van der Waals surface area contributed by atoms with Crippen molar-refractivity contribution in [1.29, 1.82) is 0 Å². The summed E-state index contributed by atoms with van der Waals surface area (Å²) in [6.07, 6.45) is 6.31. The van der Waals surface area contributed by atoms with Crippen LogP contribution in [0, 0.1) is 0 Å². The largest absolute Gasteiger partial charge is 0.373 e. The summed E-state index contributed by atoms with van der Waals surface area (Å²) in [7, 11) is -1.51. The summed E-state index contributed by atoms with van der Waals surface area (Å²) >= 11 is 0. The minimum Gasteiger partial charge on any atom is -0.373 e. The number of aromatic nitrogens is 4. The van der Waals surface area contributed by atoms with Crippen molar-refractivity contribution in [2.75, 3.05) is 18.6 Å². The number of sulfone groups is 1. The third-order valence-corrected chi connectivity index (χ3v) is 5.62. The Hall–Kier alpha value is -3.65. The minimum absolute atomic E-state index is 0.266. The van der Waals surface area contributed by atoms with Crippen LogP contribution in [0.15, 0.2) is 78.1 Å². The van der Waals surface area contributed by atoms with Crippen LogP contribution >= 0.6 is 0 Å². The quantitative estimate of drug-likeness (QED) is 0.528. The first-order valence-electron chi connectivity index (χ1n) is 9.18. The lowest BCUT2D eigenvalue weighted by atomic mass is 10.0. The molecule has 0 amide bonds. The fourth-order valence-electron chi connectivity index (χ4n) is 2.98. The number of hydrogen-bond acceptors (Lipinski definition) is 7. The Labute approximate surface area is 174 Å². The fourth-order valence-corrected chi connectivity index (χ4v) is 3.64. The summed E-state index contributed by atoms with van der Waals surface area (Å²) in [4.78, 5) is 18.1. The van der Waals surface area contributed by atoms with Crippen molar-refractivity contribution < 1.29 is 8.42 Å². The van der Waals surface area contributed by atoms with Crippen molar-refractivity contribution in [3.05, 3.63) is 73.2 Å². The molecule has 30 heavy (non-hydrogen) atoms. The Morgan fingerprint density at radius 3 is 2.40 bits per heavy atom. The van der Waals surface area contributed by atoms with Crippen molar-refractivity contribution in [3.63, 3.8) is 0 Å². The molecular formula is C22H19N5O2S. The molecule has 3 aromatic heterocycles.